The van der Waals surface area contributed by atoms with Gasteiger partial charge in [0.15, 0.2) is 0 Å². The largest absolute Gasteiger partial charge is 0.324 e. The Bertz CT molecular complexity index is 1100. The Hall–Kier alpha value is -3.47. The number of halogens is 1. The van der Waals surface area contributed by atoms with Gasteiger partial charge in [0, 0.05) is 11.3 Å². The smallest absolute Gasteiger partial charge is 0.244 e. The number of hydrogen-bond donors (Lipinski definition) is 1. The van der Waals surface area contributed by atoms with Crippen molar-refractivity contribution in [3.8, 4) is 0 Å². The molecule has 2 atom stereocenters. The van der Waals surface area contributed by atoms with E-state index in [1.54, 1.807) is 17.0 Å². The molecular weight excluding hydrogens is 391 g/mol. The van der Waals surface area contributed by atoms with E-state index in [0.717, 1.165) is 22.3 Å². The van der Waals surface area contributed by atoms with Crippen molar-refractivity contribution >= 4 is 17.5 Å². The topological polar surface area (TPSA) is 49.4 Å². The maximum absolute atomic E-state index is 13.8. The number of aryl methyl sites for hydroxylation is 1. The van der Waals surface area contributed by atoms with Gasteiger partial charge in [0.1, 0.15) is 12.4 Å². The number of nitrogens with one attached hydrogen (secondary N) is 1. The van der Waals surface area contributed by atoms with Gasteiger partial charge >= 0.3 is 0 Å². The third kappa shape index (κ3) is 4.22. The molecule has 31 heavy (non-hydrogen) atoms. The van der Waals surface area contributed by atoms with Crippen LogP contribution >= 0.6 is 0 Å². The highest BCUT2D eigenvalue weighted by atomic mass is 19.1. The van der Waals surface area contributed by atoms with Crippen LogP contribution in [-0.2, 0) is 9.59 Å². The van der Waals surface area contributed by atoms with Gasteiger partial charge in [-0.3, -0.25) is 9.59 Å². The van der Waals surface area contributed by atoms with Crippen molar-refractivity contribution in [2.75, 3.05) is 11.9 Å². The summed E-state index contributed by atoms with van der Waals surface area (Å²) < 4.78 is 13.7. The molecule has 0 unspecified atom stereocenters. The molecule has 0 bridgehead atoms. The van der Waals surface area contributed by atoms with Crippen LogP contribution in [0.4, 0.5) is 10.1 Å². The molecule has 5 heteroatoms. The number of carbonyl (C=O) groups excluding carboxylic acids is 2. The van der Waals surface area contributed by atoms with Crippen molar-refractivity contribution in [3.63, 3.8) is 0 Å². The summed E-state index contributed by atoms with van der Waals surface area (Å²) in [5.74, 6) is -1.08. The van der Waals surface area contributed by atoms with Crippen molar-refractivity contribution in [3.05, 3.63) is 101 Å². The maximum atomic E-state index is 13.8. The lowest BCUT2D eigenvalue weighted by molar-refractivity contribution is -0.137. The first kappa shape index (κ1) is 20.8. The molecule has 1 N–H and O–H groups in total. The van der Waals surface area contributed by atoms with Crippen LogP contribution in [0.15, 0.2) is 72.8 Å². The van der Waals surface area contributed by atoms with E-state index in [1.165, 1.54) is 12.1 Å². The fourth-order valence-corrected chi connectivity index (χ4v) is 4.27. The van der Waals surface area contributed by atoms with E-state index in [1.807, 2.05) is 62.4 Å². The summed E-state index contributed by atoms with van der Waals surface area (Å²) in [6.07, 6.45) is 0.609. The van der Waals surface area contributed by atoms with Crippen LogP contribution in [0, 0.1) is 12.7 Å². The lowest BCUT2D eigenvalue weighted by Gasteiger charge is -2.33. The summed E-state index contributed by atoms with van der Waals surface area (Å²) in [4.78, 5) is 28.2. The molecule has 2 amide bonds. The third-order valence-corrected chi connectivity index (χ3v) is 5.78. The Morgan fingerprint density at radius 3 is 2.48 bits per heavy atom. The second-order valence-corrected chi connectivity index (χ2v) is 7.93. The summed E-state index contributed by atoms with van der Waals surface area (Å²) in [6.45, 7) is 3.87. The molecule has 4 rings (SSSR count). The van der Waals surface area contributed by atoms with Crippen LogP contribution in [-0.4, -0.2) is 23.3 Å². The predicted octanol–water partition coefficient (Wildman–Crippen LogP) is 5.20. The minimum Gasteiger partial charge on any atom is -0.324 e. The minimum absolute atomic E-state index is 0.0715. The second kappa shape index (κ2) is 8.72. The highest BCUT2D eigenvalue weighted by Gasteiger charge is 2.36. The van der Waals surface area contributed by atoms with E-state index in [9.17, 15) is 14.0 Å². The molecule has 0 radical (unpaired) electrons. The normalized spacial score (nSPS) is 16.8. The molecule has 3 aromatic rings. The first-order chi connectivity index (χ1) is 15.0. The van der Waals surface area contributed by atoms with Crippen molar-refractivity contribution in [2.45, 2.75) is 32.2 Å². The van der Waals surface area contributed by atoms with Gasteiger partial charge in [0.05, 0.1) is 12.0 Å². The molecule has 0 spiro atoms. The second-order valence-electron chi connectivity index (χ2n) is 7.93. The first-order valence-electron chi connectivity index (χ1n) is 10.5. The lowest BCUT2D eigenvalue weighted by Crippen LogP contribution is -2.41. The van der Waals surface area contributed by atoms with E-state index < -0.39 is 6.04 Å². The van der Waals surface area contributed by atoms with Crippen LogP contribution in [0.25, 0.3) is 0 Å². The number of carbonyl (C=O) groups is 2. The van der Waals surface area contributed by atoms with E-state index in [2.05, 4.69) is 5.32 Å². The quantitative estimate of drug-likeness (QED) is 0.636. The Kier molecular flexibility index (Phi) is 5.85. The zero-order valence-corrected chi connectivity index (χ0v) is 17.6. The van der Waals surface area contributed by atoms with Crippen LogP contribution in [0.3, 0.4) is 0 Å². The van der Waals surface area contributed by atoms with Gasteiger partial charge in [-0.2, -0.15) is 0 Å². The van der Waals surface area contributed by atoms with Gasteiger partial charge in [0.2, 0.25) is 11.8 Å². The van der Waals surface area contributed by atoms with Crippen molar-refractivity contribution in [2.24, 2.45) is 0 Å². The molecule has 3 aromatic carbocycles. The van der Waals surface area contributed by atoms with Gasteiger partial charge in [-0.1, -0.05) is 67.1 Å². The molecule has 0 aliphatic carbocycles. The molecule has 158 valence electrons. The van der Waals surface area contributed by atoms with Gasteiger partial charge in [0.25, 0.3) is 0 Å². The molecule has 1 heterocycles. The zero-order chi connectivity index (χ0) is 22.0. The summed E-state index contributed by atoms with van der Waals surface area (Å²) in [6, 6.07) is 21.1. The average Bonchev–Trinajstić information content (AvgIpc) is 2.91. The number of hydrogen-bond acceptors (Lipinski definition) is 2. The fraction of sp³-hybridized carbons (Fsp3) is 0.231. The predicted molar refractivity (Wildman–Crippen MR) is 119 cm³/mol. The maximum Gasteiger partial charge on any atom is 0.244 e. The van der Waals surface area contributed by atoms with Gasteiger partial charge < -0.3 is 10.2 Å². The summed E-state index contributed by atoms with van der Waals surface area (Å²) in [7, 11) is 0. The summed E-state index contributed by atoms with van der Waals surface area (Å²) in [5, 5.41) is 2.94. The van der Waals surface area contributed by atoms with E-state index in [0.29, 0.717) is 12.1 Å². The molecule has 0 saturated heterocycles. The highest BCUT2D eigenvalue weighted by Crippen LogP contribution is 2.38. The highest BCUT2D eigenvalue weighted by molar-refractivity contribution is 5.98. The number of rotatable bonds is 4. The number of nitrogens with zero attached hydrogens (tertiary/aromatic N) is 1. The zero-order valence-electron chi connectivity index (χ0n) is 17.6. The number of anilines is 1. The molecule has 0 fully saturated rings. The first-order valence-corrected chi connectivity index (χ1v) is 10.5. The minimum atomic E-state index is -0.500. The lowest BCUT2D eigenvalue weighted by atomic mass is 9.90. The number of amides is 2. The number of fused-ring (bicyclic) bond motifs is 1. The molecule has 0 saturated carbocycles. The van der Waals surface area contributed by atoms with Crippen LogP contribution in [0.1, 0.15) is 47.6 Å². The fourth-order valence-electron chi connectivity index (χ4n) is 4.27. The molecule has 0 aromatic heterocycles. The van der Waals surface area contributed by atoms with Gasteiger partial charge in [-0.15, -0.1) is 0 Å². The van der Waals surface area contributed by atoms with Crippen LogP contribution < -0.4 is 5.32 Å². The monoisotopic (exact) mass is 416 g/mol. The third-order valence-electron chi connectivity index (χ3n) is 5.78. The Labute approximate surface area is 181 Å². The van der Waals surface area contributed by atoms with Crippen molar-refractivity contribution in [1.82, 2.24) is 4.90 Å². The van der Waals surface area contributed by atoms with Crippen LogP contribution in [0.5, 0.6) is 0 Å². The Morgan fingerprint density at radius 2 is 1.81 bits per heavy atom. The summed E-state index contributed by atoms with van der Waals surface area (Å²) in [5.41, 5.74) is 4.20. The molecule has 1 aliphatic rings. The Morgan fingerprint density at radius 1 is 1.10 bits per heavy atom. The average molecular weight is 416 g/mol. The number of benzene rings is 3. The van der Waals surface area contributed by atoms with Gasteiger partial charge in [-0.25, -0.2) is 4.39 Å². The Balaban J connectivity index is 1.86. The molecular formula is C26H25FN2O2. The van der Waals surface area contributed by atoms with E-state index in [-0.39, 0.29) is 30.1 Å². The summed E-state index contributed by atoms with van der Waals surface area (Å²) >= 11 is 0. The van der Waals surface area contributed by atoms with Crippen molar-refractivity contribution in [1.29, 1.82) is 0 Å². The van der Waals surface area contributed by atoms with E-state index in [4.69, 9.17) is 0 Å². The van der Waals surface area contributed by atoms with Crippen molar-refractivity contribution < 1.29 is 14.0 Å². The van der Waals surface area contributed by atoms with E-state index >= 15 is 0 Å². The molecule has 4 nitrogen and oxygen atoms in total. The SMILES string of the molecule is CC[C@@H](C(=O)N1CC(=O)Nc2ccc(C)cc2[C@H]1c1ccc(F)cc1)c1ccccc1. The van der Waals surface area contributed by atoms with Gasteiger partial charge in [-0.05, 0) is 42.7 Å². The molecule has 1 aliphatic heterocycles. The standard InChI is InChI=1S/C26H25FN2O2/c1-3-21(18-7-5-4-6-8-18)26(31)29-16-24(30)28-23-14-9-17(2)15-22(23)25(29)19-10-12-20(27)13-11-19/h4-15,21,25H,3,16H2,1-2H3,(H,28,30)/t21-,25-/m1/s1. The van der Waals surface area contributed by atoms with Crippen LogP contribution in [0.2, 0.25) is 0 Å².